The molecule has 3 heteroatoms. The Morgan fingerprint density at radius 2 is 2.10 bits per heavy atom. The molecule has 1 aromatic rings. The second-order valence-electron chi connectivity index (χ2n) is 6.67. The van der Waals surface area contributed by atoms with Crippen LogP contribution in [0.2, 0.25) is 0 Å². The van der Waals surface area contributed by atoms with Crippen LogP contribution in [-0.2, 0) is 0 Å². The van der Waals surface area contributed by atoms with Gasteiger partial charge in [-0.2, -0.15) is 0 Å². The highest BCUT2D eigenvalue weighted by Crippen LogP contribution is 2.50. The van der Waals surface area contributed by atoms with Crippen LogP contribution in [0.25, 0.3) is 0 Å². The number of benzene rings is 1. The van der Waals surface area contributed by atoms with E-state index in [1.54, 1.807) is 0 Å². The summed E-state index contributed by atoms with van der Waals surface area (Å²) < 4.78 is 1.28. The molecule has 2 heterocycles. The molecule has 3 atom stereocenters. The van der Waals surface area contributed by atoms with Gasteiger partial charge in [0.25, 0.3) is 0 Å². The van der Waals surface area contributed by atoms with Crippen molar-refractivity contribution in [1.82, 2.24) is 10.2 Å². The zero-order chi connectivity index (χ0) is 14.2. The molecule has 2 nitrogen and oxygen atoms in total. The lowest BCUT2D eigenvalue weighted by atomic mass is 9.61. The van der Waals surface area contributed by atoms with E-state index in [1.807, 2.05) is 0 Å². The molecule has 2 aliphatic heterocycles. The van der Waals surface area contributed by atoms with Gasteiger partial charge in [0.05, 0.1) is 0 Å². The van der Waals surface area contributed by atoms with Gasteiger partial charge in [-0.3, -0.25) is 0 Å². The number of rotatable bonds is 1. The molecule has 2 fully saturated rings. The minimum absolute atomic E-state index is 0.487. The Morgan fingerprint density at radius 3 is 2.85 bits per heavy atom. The molecule has 0 aliphatic carbocycles. The lowest BCUT2D eigenvalue weighted by Crippen LogP contribution is -2.52. The lowest BCUT2D eigenvalue weighted by molar-refractivity contribution is 0.0319. The van der Waals surface area contributed by atoms with Gasteiger partial charge >= 0.3 is 0 Å². The van der Waals surface area contributed by atoms with E-state index in [0.29, 0.717) is 17.4 Å². The van der Waals surface area contributed by atoms with Gasteiger partial charge in [0.2, 0.25) is 0 Å². The van der Waals surface area contributed by atoms with E-state index in [2.05, 4.69) is 64.4 Å². The molecule has 0 bridgehead atoms. The predicted octanol–water partition coefficient (Wildman–Crippen LogP) is 3.63. The van der Waals surface area contributed by atoms with Crippen molar-refractivity contribution in [2.75, 3.05) is 26.7 Å². The molecule has 0 saturated carbocycles. The monoisotopic (exact) mass is 336 g/mol. The summed E-state index contributed by atoms with van der Waals surface area (Å²) in [4.78, 5) is 2.52. The highest BCUT2D eigenvalue weighted by molar-refractivity contribution is 9.10. The second kappa shape index (κ2) is 5.78. The number of hydrogen-bond donors (Lipinski definition) is 1. The normalized spacial score (nSPS) is 35.4. The minimum Gasteiger partial charge on any atom is -0.316 e. The smallest absolute Gasteiger partial charge is 0.0210 e. The SMILES string of the molecule is CC1CC2(CCNCC2c2ccccc2Br)CCN1C. The summed E-state index contributed by atoms with van der Waals surface area (Å²) in [6.45, 7) is 5.93. The molecule has 20 heavy (non-hydrogen) atoms. The average molecular weight is 337 g/mol. The van der Waals surface area contributed by atoms with Crippen molar-refractivity contribution < 1.29 is 0 Å². The number of piperidine rings is 2. The number of nitrogens with one attached hydrogen (secondary N) is 1. The maximum Gasteiger partial charge on any atom is 0.0210 e. The molecule has 2 aliphatic rings. The van der Waals surface area contributed by atoms with Crippen LogP contribution in [-0.4, -0.2) is 37.6 Å². The van der Waals surface area contributed by atoms with Gasteiger partial charge in [-0.1, -0.05) is 34.1 Å². The van der Waals surface area contributed by atoms with Gasteiger partial charge in [0.15, 0.2) is 0 Å². The largest absolute Gasteiger partial charge is 0.316 e. The Labute approximate surface area is 131 Å². The Hall–Kier alpha value is -0.380. The fourth-order valence-corrected chi connectivity index (χ4v) is 4.74. The third-order valence-corrected chi connectivity index (χ3v) is 6.31. The molecule has 3 rings (SSSR count). The van der Waals surface area contributed by atoms with Crippen molar-refractivity contribution >= 4 is 15.9 Å². The number of halogens is 1. The molecular formula is C17H25BrN2. The molecule has 2 saturated heterocycles. The average Bonchev–Trinajstić information content (AvgIpc) is 2.45. The highest BCUT2D eigenvalue weighted by Gasteiger charge is 2.45. The van der Waals surface area contributed by atoms with Crippen molar-refractivity contribution in [3.05, 3.63) is 34.3 Å². The van der Waals surface area contributed by atoms with Crippen LogP contribution in [0.1, 0.15) is 37.7 Å². The molecule has 0 aromatic heterocycles. The van der Waals surface area contributed by atoms with E-state index < -0.39 is 0 Å². The Balaban J connectivity index is 1.94. The summed E-state index contributed by atoms with van der Waals surface area (Å²) in [6.07, 6.45) is 3.98. The Kier molecular flexibility index (Phi) is 4.21. The van der Waals surface area contributed by atoms with Gasteiger partial charge < -0.3 is 10.2 Å². The van der Waals surface area contributed by atoms with E-state index in [-0.39, 0.29) is 0 Å². The second-order valence-corrected chi connectivity index (χ2v) is 7.53. The maximum absolute atomic E-state index is 3.77. The molecule has 0 amide bonds. The van der Waals surface area contributed by atoms with E-state index in [0.717, 1.165) is 6.54 Å². The third kappa shape index (κ3) is 2.56. The van der Waals surface area contributed by atoms with Gasteiger partial charge in [0.1, 0.15) is 0 Å². The van der Waals surface area contributed by atoms with Crippen molar-refractivity contribution in [2.24, 2.45) is 5.41 Å². The van der Waals surface area contributed by atoms with E-state index >= 15 is 0 Å². The van der Waals surface area contributed by atoms with Gasteiger partial charge in [-0.15, -0.1) is 0 Å². The topological polar surface area (TPSA) is 15.3 Å². The first-order valence-corrected chi connectivity index (χ1v) is 8.57. The molecule has 3 unspecified atom stereocenters. The first kappa shape index (κ1) is 14.6. The van der Waals surface area contributed by atoms with Gasteiger partial charge in [0, 0.05) is 23.0 Å². The van der Waals surface area contributed by atoms with Crippen LogP contribution in [0.15, 0.2) is 28.7 Å². The zero-order valence-electron chi connectivity index (χ0n) is 12.5. The van der Waals surface area contributed by atoms with Crippen LogP contribution in [0.3, 0.4) is 0 Å². The number of hydrogen-bond acceptors (Lipinski definition) is 2. The van der Waals surface area contributed by atoms with Gasteiger partial charge in [-0.25, -0.2) is 0 Å². The van der Waals surface area contributed by atoms with Crippen LogP contribution >= 0.6 is 15.9 Å². The summed E-state index contributed by atoms with van der Waals surface area (Å²) >= 11 is 3.77. The van der Waals surface area contributed by atoms with Gasteiger partial charge in [-0.05, 0) is 63.4 Å². The van der Waals surface area contributed by atoms with E-state index in [4.69, 9.17) is 0 Å². The van der Waals surface area contributed by atoms with Crippen molar-refractivity contribution in [1.29, 1.82) is 0 Å². The van der Waals surface area contributed by atoms with Crippen LogP contribution in [0.5, 0.6) is 0 Å². The quantitative estimate of drug-likeness (QED) is 0.842. The van der Waals surface area contributed by atoms with Crippen molar-refractivity contribution in [2.45, 2.75) is 38.1 Å². The standard InChI is InChI=1S/C17H25BrN2/c1-13-11-17(8-10-20(13)2)7-9-19-12-15(17)14-5-3-4-6-16(14)18/h3-6,13,15,19H,7-12H2,1-2H3. The Morgan fingerprint density at radius 1 is 1.30 bits per heavy atom. The maximum atomic E-state index is 3.77. The fourth-order valence-electron chi connectivity index (χ4n) is 4.18. The predicted molar refractivity (Wildman–Crippen MR) is 88.1 cm³/mol. The molecular weight excluding hydrogens is 312 g/mol. The Bertz CT molecular complexity index is 476. The zero-order valence-corrected chi connectivity index (χ0v) is 14.1. The molecule has 1 N–H and O–H groups in total. The number of nitrogens with zero attached hydrogens (tertiary/aromatic N) is 1. The molecule has 1 aromatic carbocycles. The third-order valence-electron chi connectivity index (χ3n) is 5.58. The molecule has 110 valence electrons. The van der Waals surface area contributed by atoms with Crippen LogP contribution in [0.4, 0.5) is 0 Å². The van der Waals surface area contributed by atoms with E-state index in [9.17, 15) is 0 Å². The van der Waals surface area contributed by atoms with Crippen molar-refractivity contribution in [3.63, 3.8) is 0 Å². The molecule has 0 radical (unpaired) electrons. The summed E-state index contributed by atoms with van der Waals surface area (Å²) in [5.41, 5.74) is 1.98. The van der Waals surface area contributed by atoms with Crippen LogP contribution < -0.4 is 5.32 Å². The molecule has 1 spiro atoms. The summed E-state index contributed by atoms with van der Waals surface area (Å²) in [7, 11) is 2.27. The van der Waals surface area contributed by atoms with E-state index in [1.165, 1.54) is 42.4 Å². The highest BCUT2D eigenvalue weighted by atomic mass is 79.9. The van der Waals surface area contributed by atoms with Crippen LogP contribution in [0, 0.1) is 5.41 Å². The number of likely N-dealkylation sites (tertiary alicyclic amines) is 1. The fraction of sp³-hybridized carbons (Fsp3) is 0.647. The lowest BCUT2D eigenvalue weighted by Gasteiger charge is -2.51. The minimum atomic E-state index is 0.487. The first-order valence-electron chi connectivity index (χ1n) is 7.78. The summed E-state index contributed by atoms with van der Waals surface area (Å²) in [6, 6.07) is 9.50. The summed E-state index contributed by atoms with van der Waals surface area (Å²) in [5, 5.41) is 3.62. The van der Waals surface area contributed by atoms with Crippen molar-refractivity contribution in [3.8, 4) is 0 Å². The summed E-state index contributed by atoms with van der Waals surface area (Å²) in [5.74, 6) is 0.642. The first-order chi connectivity index (χ1) is 9.62.